The first-order valence-corrected chi connectivity index (χ1v) is 10.1. The van der Waals surface area contributed by atoms with Gasteiger partial charge in [-0.2, -0.15) is 0 Å². The van der Waals surface area contributed by atoms with Crippen molar-refractivity contribution >= 4 is 23.4 Å². The summed E-state index contributed by atoms with van der Waals surface area (Å²) in [5, 5.41) is 5.79. The van der Waals surface area contributed by atoms with Crippen molar-refractivity contribution in [1.29, 1.82) is 0 Å². The maximum Gasteiger partial charge on any atom is 0.238 e. The number of alkyl halides is 1. The Morgan fingerprint density at radius 2 is 1.79 bits per heavy atom. The lowest BCUT2D eigenvalue weighted by atomic mass is 9.98. The topological polar surface area (TPSA) is 64.7 Å². The van der Waals surface area contributed by atoms with Crippen molar-refractivity contribution in [3.8, 4) is 0 Å². The van der Waals surface area contributed by atoms with E-state index in [0.717, 1.165) is 19.5 Å². The minimum absolute atomic E-state index is 0.0350. The number of likely N-dealkylation sites (tertiary alicyclic amines) is 2. The van der Waals surface area contributed by atoms with Crippen molar-refractivity contribution in [1.82, 2.24) is 20.4 Å². The fraction of sp³-hybridized carbons (Fsp3) is 0.700. The molecule has 3 atom stereocenters. The third kappa shape index (κ3) is 5.55. The van der Waals surface area contributed by atoms with E-state index in [-0.39, 0.29) is 29.9 Å². The monoisotopic (exact) mass is 412 g/mol. The molecule has 0 radical (unpaired) electrons. The van der Waals surface area contributed by atoms with Crippen LogP contribution in [0.25, 0.3) is 0 Å². The van der Waals surface area contributed by atoms with Gasteiger partial charge in [-0.1, -0.05) is 0 Å². The van der Waals surface area contributed by atoms with Crippen molar-refractivity contribution < 1.29 is 14.0 Å². The quantitative estimate of drug-likeness (QED) is 0.677. The highest BCUT2D eigenvalue weighted by Gasteiger charge is 2.44. The van der Waals surface area contributed by atoms with E-state index in [1.165, 1.54) is 12.2 Å². The molecule has 2 amide bonds. The summed E-state index contributed by atoms with van der Waals surface area (Å²) in [6, 6.07) is 0.567. The Morgan fingerprint density at radius 1 is 1.21 bits per heavy atom. The van der Waals surface area contributed by atoms with Crippen molar-refractivity contribution in [2.24, 2.45) is 0 Å². The van der Waals surface area contributed by atoms with Crippen LogP contribution in [0.4, 0.5) is 4.39 Å². The van der Waals surface area contributed by atoms with E-state index in [1.54, 1.807) is 6.92 Å². The van der Waals surface area contributed by atoms with Crippen LogP contribution in [0, 0.1) is 0 Å². The molecular weight excluding hydrogens is 383 g/mol. The number of piperazine rings is 1. The molecule has 0 spiro atoms. The van der Waals surface area contributed by atoms with Gasteiger partial charge in [0.25, 0.3) is 0 Å². The molecular formula is C20H30ClFN4O2. The lowest BCUT2D eigenvalue weighted by molar-refractivity contribution is -0.125. The van der Waals surface area contributed by atoms with Gasteiger partial charge in [0.1, 0.15) is 5.83 Å². The molecule has 2 bridgehead atoms. The van der Waals surface area contributed by atoms with Crippen molar-refractivity contribution in [2.45, 2.75) is 63.0 Å². The Balaban J connectivity index is 1.47. The van der Waals surface area contributed by atoms with E-state index in [4.69, 9.17) is 11.6 Å². The molecule has 3 rings (SSSR count). The summed E-state index contributed by atoms with van der Waals surface area (Å²) in [4.78, 5) is 28.1. The highest BCUT2D eigenvalue weighted by atomic mass is 35.5. The Labute approximate surface area is 171 Å². The van der Waals surface area contributed by atoms with Crippen molar-refractivity contribution in [3.05, 3.63) is 23.7 Å². The summed E-state index contributed by atoms with van der Waals surface area (Å²) in [6.45, 7) is 9.84. The molecule has 0 aromatic rings. The normalized spacial score (nSPS) is 30.8. The largest absolute Gasteiger partial charge is 0.350 e. The zero-order chi connectivity index (χ0) is 20.7. The zero-order valence-electron chi connectivity index (χ0n) is 17.0. The number of amides is 2. The third-order valence-corrected chi connectivity index (χ3v) is 5.51. The zero-order valence-corrected chi connectivity index (χ0v) is 17.8. The number of hydrogen-bond acceptors (Lipinski definition) is 4. The maximum atomic E-state index is 13.7. The lowest BCUT2D eigenvalue weighted by Gasteiger charge is -2.34. The molecule has 0 aromatic carbocycles. The number of fused-ring (bicyclic) bond motifs is 2. The van der Waals surface area contributed by atoms with Gasteiger partial charge in [0.05, 0.1) is 18.0 Å². The second kappa shape index (κ2) is 7.76. The minimum atomic E-state index is -0.817. The fourth-order valence-electron chi connectivity index (χ4n) is 4.31. The molecule has 2 heterocycles. The lowest BCUT2D eigenvalue weighted by Crippen LogP contribution is -2.53. The van der Waals surface area contributed by atoms with E-state index in [9.17, 15) is 14.0 Å². The molecule has 3 unspecified atom stereocenters. The molecule has 1 aliphatic carbocycles. The van der Waals surface area contributed by atoms with Crippen LogP contribution in [-0.2, 0) is 9.59 Å². The predicted molar refractivity (Wildman–Crippen MR) is 108 cm³/mol. The minimum Gasteiger partial charge on any atom is -0.350 e. The fourth-order valence-corrected chi connectivity index (χ4v) is 4.56. The Morgan fingerprint density at radius 3 is 2.29 bits per heavy atom. The van der Waals surface area contributed by atoms with E-state index in [2.05, 4.69) is 20.4 Å². The van der Waals surface area contributed by atoms with Crippen LogP contribution >= 0.6 is 11.6 Å². The summed E-state index contributed by atoms with van der Waals surface area (Å²) in [7, 11) is 0. The van der Waals surface area contributed by atoms with Crippen LogP contribution in [0.2, 0.25) is 0 Å². The molecule has 2 saturated heterocycles. The Kier molecular flexibility index (Phi) is 5.90. The van der Waals surface area contributed by atoms with Crippen LogP contribution in [0.1, 0.15) is 40.5 Å². The number of rotatable bonds is 5. The first-order chi connectivity index (χ1) is 12.9. The van der Waals surface area contributed by atoms with Crippen LogP contribution in [-0.4, -0.2) is 70.3 Å². The molecule has 156 valence electrons. The average molecular weight is 413 g/mol. The predicted octanol–water partition coefficient (Wildman–Crippen LogP) is 1.91. The third-order valence-electron chi connectivity index (χ3n) is 5.26. The highest BCUT2D eigenvalue weighted by molar-refractivity contribution is 6.25. The van der Waals surface area contributed by atoms with Gasteiger partial charge in [-0.25, -0.2) is 4.39 Å². The van der Waals surface area contributed by atoms with Gasteiger partial charge in [-0.3, -0.25) is 19.4 Å². The molecule has 2 fully saturated rings. The smallest absolute Gasteiger partial charge is 0.238 e. The van der Waals surface area contributed by atoms with Crippen LogP contribution in [0.5, 0.6) is 0 Å². The van der Waals surface area contributed by atoms with Crippen LogP contribution in [0.3, 0.4) is 0 Å². The molecule has 3 aliphatic rings. The average Bonchev–Trinajstić information content (AvgIpc) is 3.01. The number of carbonyl (C=O) groups excluding carboxylic acids is 2. The molecule has 6 nitrogen and oxygen atoms in total. The summed E-state index contributed by atoms with van der Waals surface area (Å²) in [5.41, 5.74) is 0.272. The SMILES string of the molecule is CC1(Cl)C=C(F)C=C(NC(=O)CN2CC3CC2CN3CC(=O)NC(C)(C)C)C1. The van der Waals surface area contributed by atoms with E-state index in [0.29, 0.717) is 24.7 Å². The number of allylic oxidation sites excluding steroid dienone is 4. The molecule has 2 N–H and O–H groups in total. The second-order valence-corrected chi connectivity index (χ2v) is 10.3. The second-order valence-electron chi connectivity index (χ2n) is 9.40. The van der Waals surface area contributed by atoms with Crippen molar-refractivity contribution in [2.75, 3.05) is 26.2 Å². The summed E-state index contributed by atoms with van der Waals surface area (Å²) in [6.07, 6.45) is 4.04. The number of nitrogens with zero attached hydrogens (tertiary/aromatic N) is 2. The van der Waals surface area contributed by atoms with Gasteiger partial charge in [-0.15, -0.1) is 11.6 Å². The van der Waals surface area contributed by atoms with Crippen molar-refractivity contribution in [3.63, 3.8) is 0 Å². The van der Waals surface area contributed by atoms with Crippen LogP contribution < -0.4 is 10.6 Å². The van der Waals surface area contributed by atoms with Gasteiger partial charge in [0.2, 0.25) is 11.8 Å². The number of nitrogens with one attached hydrogen (secondary N) is 2. The van der Waals surface area contributed by atoms with Gasteiger partial charge in [0.15, 0.2) is 0 Å². The van der Waals surface area contributed by atoms with Gasteiger partial charge < -0.3 is 10.6 Å². The molecule has 8 heteroatoms. The van der Waals surface area contributed by atoms with Gasteiger partial charge >= 0.3 is 0 Å². The molecule has 0 aromatic heterocycles. The summed E-state index contributed by atoms with van der Waals surface area (Å²) >= 11 is 6.21. The van der Waals surface area contributed by atoms with E-state index in [1.807, 2.05) is 20.8 Å². The number of halogens is 2. The van der Waals surface area contributed by atoms with Gasteiger partial charge in [-0.05, 0) is 46.3 Å². The molecule has 28 heavy (non-hydrogen) atoms. The summed E-state index contributed by atoms with van der Waals surface area (Å²) < 4.78 is 13.7. The Bertz CT molecular complexity index is 713. The highest BCUT2D eigenvalue weighted by Crippen LogP contribution is 2.32. The standard InChI is InChI=1S/C20H30ClFN4O2/c1-19(2,3)24-18(28)12-26-10-15-6-16(26)9-25(15)11-17(27)23-14-5-13(22)7-20(4,21)8-14/h5,7,15-16H,6,8-12H2,1-4H3,(H,23,27)(H,24,28). The molecule has 0 saturated carbocycles. The maximum absolute atomic E-state index is 13.7. The number of hydrogen-bond donors (Lipinski definition) is 2. The van der Waals surface area contributed by atoms with Gasteiger partial charge in [0, 0.05) is 42.8 Å². The summed E-state index contributed by atoms with van der Waals surface area (Å²) in [5.74, 6) is -0.547. The van der Waals surface area contributed by atoms with E-state index >= 15 is 0 Å². The van der Waals surface area contributed by atoms with Crippen LogP contribution in [0.15, 0.2) is 23.7 Å². The van der Waals surface area contributed by atoms with E-state index < -0.39 is 10.7 Å². The Hall–Kier alpha value is -1.44. The first-order valence-electron chi connectivity index (χ1n) is 9.77. The first kappa shape index (κ1) is 21.3. The molecule has 2 aliphatic heterocycles. The number of carbonyl (C=O) groups is 2.